The van der Waals surface area contributed by atoms with E-state index in [1.54, 1.807) is 0 Å². The zero-order valence-corrected chi connectivity index (χ0v) is 26.9. The van der Waals surface area contributed by atoms with Crippen LogP contribution in [-0.4, -0.2) is 0 Å². The highest BCUT2D eigenvalue weighted by Gasteiger charge is 2.60. The van der Waals surface area contributed by atoms with E-state index in [9.17, 15) is 0 Å². The Balaban J connectivity index is 1.55. The third-order valence-electron chi connectivity index (χ3n) is 8.69. The third-order valence-corrected chi connectivity index (χ3v) is 12.3. The van der Waals surface area contributed by atoms with Crippen LogP contribution in [0.3, 0.4) is 0 Å². The summed E-state index contributed by atoms with van der Waals surface area (Å²) in [5.41, 5.74) is 14.3. The first-order valence-electron chi connectivity index (χ1n) is 15.5. The monoisotopic (exact) mass is 604 g/mol. The maximum atomic E-state index is 2.61. The molecule has 4 nitrogen and oxygen atoms in total. The highest BCUT2D eigenvalue weighted by atomic mass is 32.3. The van der Waals surface area contributed by atoms with Crippen LogP contribution >= 0.6 is 10.8 Å². The molecule has 0 bridgehead atoms. The standard InChI is InChI=1S/C40H36N4S/c1-29-13-21-33(22-14-29)41-37-9-5-6-10-38(37)42(34-23-15-30(2)16-24-34)45(41)43(35-25-17-31(3)18-26-35)39-11-7-8-12-40(39)44(45)36-27-19-32(4)20-28-36/h5-28H,1-4H3. The molecule has 8 rings (SSSR count). The average Bonchev–Trinajstić information content (AvgIpc) is 3.52. The van der Waals surface area contributed by atoms with Gasteiger partial charge in [-0.05, 0) is 100 Å². The second-order valence-electron chi connectivity index (χ2n) is 12.0. The molecule has 2 heterocycles. The van der Waals surface area contributed by atoms with Gasteiger partial charge in [-0.2, -0.15) is 0 Å². The summed E-state index contributed by atoms with van der Waals surface area (Å²) in [6, 6.07) is 53.9. The van der Waals surface area contributed by atoms with Gasteiger partial charge in [0, 0.05) is 0 Å². The molecule has 5 heteroatoms. The van der Waals surface area contributed by atoms with Gasteiger partial charge in [-0.1, -0.05) is 95.1 Å². The first-order valence-corrected chi connectivity index (χ1v) is 16.9. The van der Waals surface area contributed by atoms with Crippen LogP contribution in [-0.2, 0) is 0 Å². The molecule has 0 fully saturated rings. The number of aryl methyl sites for hydroxylation is 4. The normalized spacial score (nSPS) is 15.4. The second kappa shape index (κ2) is 10.5. The fraction of sp³-hybridized carbons (Fsp3) is 0.100. The summed E-state index contributed by atoms with van der Waals surface area (Å²) in [5.74, 6) is 0. The van der Waals surface area contributed by atoms with Crippen LogP contribution in [0.15, 0.2) is 146 Å². The number of hydrogen-bond donors (Lipinski definition) is 0. The molecule has 0 amide bonds. The van der Waals surface area contributed by atoms with Gasteiger partial charge in [-0.3, -0.25) is 17.2 Å². The maximum Gasteiger partial charge on any atom is 0.102 e. The zero-order valence-electron chi connectivity index (χ0n) is 26.1. The molecular weight excluding hydrogens is 569 g/mol. The van der Waals surface area contributed by atoms with Crippen LogP contribution in [0.4, 0.5) is 45.5 Å². The lowest BCUT2D eigenvalue weighted by molar-refractivity contribution is 1.31. The summed E-state index contributed by atoms with van der Waals surface area (Å²) in [7, 11) is -2.34. The van der Waals surface area contributed by atoms with Crippen molar-refractivity contribution in [2.24, 2.45) is 0 Å². The van der Waals surface area contributed by atoms with Crippen molar-refractivity contribution in [3.8, 4) is 0 Å². The molecule has 222 valence electrons. The van der Waals surface area contributed by atoms with E-state index in [2.05, 4.69) is 191 Å². The number of benzene rings is 6. The van der Waals surface area contributed by atoms with E-state index in [1.165, 1.54) is 45.0 Å². The number of rotatable bonds is 4. The predicted octanol–water partition coefficient (Wildman–Crippen LogP) is 11.7. The van der Waals surface area contributed by atoms with Crippen molar-refractivity contribution in [1.82, 2.24) is 0 Å². The van der Waals surface area contributed by atoms with E-state index in [0.29, 0.717) is 0 Å². The first kappa shape index (κ1) is 27.4. The minimum atomic E-state index is -2.34. The predicted molar refractivity (Wildman–Crippen MR) is 194 cm³/mol. The van der Waals surface area contributed by atoms with Crippen molar-refractivity contribution in [1.29, 1.82) is 0 Å². The molecule has 2 aliphatic heterocycles. The molecule has 6 aromatic rings. The van der Waals surface area contributed by atoms with Crippen LogP contribution in [0.5, 0.6) is 0 Å². The summed E-state index contributed by atoms with van der Waals surface area (Å²) < 4.78 is 10.4. The summed E-state index contributed by atoms with van der Waals surface area (Å²) in [4.78, 5) is 0. The zero-order chi connectivity index (χ0) is 30.7. The minimum Gasteiger partial charge on any atom is -0.252 e. The van der Waals surface area contributed by atoms with Gasteiger partial charge in [0.15, 0.2) is 0 Å². The largest absolute Gasteiger partial charge is 0.252 e. The van der Waals surface area contributed by atoms with Gasteiger partial charge in [-0.25, -0.2) is 0 Å². The average molecular weight is 605 g/mol. The van der Waals surface area contributed by atoms with Crippen molar-refractivity contribution < 1.29 is 0 Å². The SMILES string of the molecule is Cc1ccc(N2c3ccccc3N(c3ccc(C)cc3)S23N(c2ccc(C)cc2)c2ccccc2N3c2ccc(C)cc2)cc1. The van der Waals surface area contributed by atoms with Gasteiger partial charge >= 0.3 is 0 Å². The van der Waals surface area contributed by atoms with E-state index in [-0.39, 0.29) is 0 Å². The molecular formula is C40H36N4S. The minimum absolute atomic E-state index is 1.15. The van der Waals surface area contributed by atoms with E-state index in [0.717, 1.165) is 22.7 Å². The maximum absolute atomic E-state index is 2.61. The van der Waals surface area contributed by atoms with E-state index < -0.39 is 10.8 Å². The fourth-order valence-electron chi connectivity index (χ4n) is 6.48. The van der Waals surface area contributed by atoms with E-state index in [1.807, 2.05) is 0 Å². The molecule has 45 heavy (non-hydrogen) atoms. The van der Waals surface area contributed by atoms with Crippen molar-refractivity contribution in [3.05, 3.63) is 168 Å². The smallest absolute Gasteiger partial charge is 0.102 e. The van der Waals surface area contributed by atoms with Gasteiger partial charge in [-0.15, -0.1) is 0 Å². The van der Waals surface area contributed by atoms with Crippen LogP contribution in [0.1, 0.15) is 22.3 Å². The Morgan fingerprint density at radius 3 is 0.689 bits per heavy atom. The lowest BCUT2D eigenvalue weighted by Gasteiger charge is -2.56. The fourth-order valence-corrected chi connectivity index (χ4v) is 10.7. The molecule has 6 aromatic carbocycles. The van der Waals surface area contributed by atoms with Gasteiger partial charge < -0.3 is 0 Å². The Hall–Kier alpha value is -5.13. The second-order valence-corrected chi connectivity index (χ2v) is 14.4. The molecule has 1 spiro atoms. The van der Waals surface area contributed by atoms with Crippen molar-refractivity contribution in [2.45, 2.75) is 27.7 Å². The summed E-state index contributed by atoms with van der Waals surface area (Å²) in [5, 5.41) is 0. The Bertz CT molecular complexity index is 1700. The lowest BCUT2D eigenvalue weighted by Crippen LogP contribution is -2.45. The summed E-state index contributed by atoms with van der Waals surface area (Å²) in [6.45, 7) is 8.63. The van der Waals surface area contributed by atoms with Crippen molar-refractivity contribution >= 4 is 56.3 Å². The van der Waals surface area contributed by atoms with Gasteiger partial charge in [0.1, 0.15) is 10.8 Å². The number of fused-ring (bicyclic) bond motifs is 2. The molecule has 0 aliphatic carbocycles. The molecule has 2 aliphatic rings. The molecule has 0 unspecified atom stereocenters. The van der Waals surface area contributed by atoms with Crippen LogP contribution in [0.25, 0.3) is 0 Å². The quantitative estimate of drug-likeness (QED) is 0.198. The van der Waals surface area contributed by atoms with Crippen molar-refractivity contribution in [2.75, 3.05) is 17.2 Å². The summed E-state index contributed by atoms with van der Waals surface area (Å²) in [6.07, 6.45) is 0. The molecule has 0 N–H and O–H groups in total. The highest BCUT2D eigenvalue weighted by Crippen LogP contribution is 2.81. The Labute approximate surface area is 268 Å². The Morgan fingerprint density at radius 1 is 0.289 bits per heavy atom. The molecule has 0 atom stereocenters. The Morgan fingerprint density at radius 2 is 0.489 bits per heavy atom. The number of nitrogens with zero attached hydrogens (tertiary/aromatic N) is 4. The lowest BCUT2D eigenvalue weighted by atomic mass is 10.2. The molecule has 0 aromatic heterocycles. The number of anilines is 8. The topological polar surface area (TPSA) is 13.0 Å². The van der Waals surface area contributed by atoms with Gasteiger partial charge in [0.2, 0.25) is 0 Å². The van der Waals surface area contributed by atoms with E-state index in [4.69, 9.17) is 0 Å². The molecule has 0 saturated carbocycles. The van der Waals surface area contributed by atoms with Crippen LogP contribution in [0.2, 0.25) is 0 Å². The molecule has 0 saturated heterocycles. The van der Waals surface area contributed by atoms with Gasteiger partial charge in [0.25, 0.3) is 0 Å². The van der Waals surface area contributed by atoms with E-state index >= 15 is 0 Å². The number of para-hydroxylation sites is 4. The van der Waals surface area contributed by atoms with Crippen LogP contribution < -0.4 is 17.2 Å². The van der Waals surface area contributed by atoms with Crippen molar-refractivity contribution in [3.63, 3.8) is 0 Å². The summed E-state index contributed by atoms with van der Waals surface area (Å²) >= 11 is 0. The number of hydrogen-bond acceptors (Lipinski definition) is 4. The third kappa shape index (κ3) is 4.15. The highest BCUT2D eigenvalue weighted by molar-refractivity contribution is 8.39. The molecule has 0 radical (unpaired) electrons. The van der Waals surface area contributed by atoms with Crippen LogP contribution in [0, 0.1) is 27.7 Å². The Kier molecular flexibility index (Phi) is 6.40. The van der Waals surface area contributed by atoms with Gasteiger partial charge in [0.05, 0.1) is 45.5 Å². The first-order chi connectivity index (χ1) is 22.0.